The number of hydrogen-bond donors (Lipinski definition) is 3. The molecule has 0 aromatic carbocycles. The van der Waals surface area contributed by atoms with Crippen LogP contribution >= 0.6 is 11.8 Å². The van der Waals surface area contributed by atoms with Gasteiger partial charge in [-0.05, 0) is 12.1 Å². The second-order valence-electron chi connectivity index (χ2n) is 4.14. The van der Waals surface area contributed by atoms with E-state index in [1.807, 2.05) is 0 Å². The van der Waals surface area contributed by atoms with Crippen molar-refractivity contribution >= 4 is 40.9 Å². The summed E-state index contributed by atoms with van der Waals surface area (Å²) in [5.41, 5.74) is 0. The van der Waals surface area contributed by atoms with Crippen LogP contribution in [0.2, 0.25) is 0 Å². The van der Waals surface area contributed by atoms with Crippen LogP contribution in [0.15, 0.2) is 33.0 Å². The molecule has 1 aliphatic rings. The normalized spacial score (nSPS) is 19.5. The number of nitrogens with one attached hydrogen (secondary N) is 2. The zero-order valence-corrected chi connectivity index (χ0v) is 12.0. The largest absolute Gasteiger partial charge is 0.480 e. The van der Waals surface area contributed by atoms with E-state index in [0.29, 0.717) is 5.76 Å². The summed E-state index contributed by atoms with van der Waals surface area (Å²) in [5.74, 6) is -1.52. The first-order valence-corrected chi connectivity index (χ1v) is 7.03. The molecule has 1 aliphatic heterocycles. The van der Waals surface area contributed by atoms with Gasteiger partial charge in [0, 0.05) is 6.42 Å². The number of thioether (sulfide) groups is 1. The summed E-state index contributed by atoms with van der Waals surface area (Å²) in [6.07, 6.45) is 2.74. The number of carboxylic acids is 1. The molecule has 1 unspecified atom stereocenters. The molecule has 2 heterocycles. The van der Waals surface area contributed by atoms with Crippen molar-refractivity contribution < 1.29 is 23.9 Å². The molecule has 1 aromatic rings. The van der Waals surface area contributed by atoms with Crippen molar-refractivity contribution in [3.63, 3.8) is 0 Å². The van der Waals surface area contributed by atoms with Crippen LogP contribution in [-0.2, 0) is 14.4 Å². The zero-order chi connectivity index (χ0) is 15.9. The van der Waals surface area contributed by atoms with E-state index in [-0.39, 0.29) is 17.5 Å². The Hall–Kier alpha value is -2.62. The number of aliphatic carboxylic acids is 1. The van der Waals surface area contributed by atoms with E-state index < -0.39 is 23.7 Å². The topological polar surface area (TPSA) is 133 Å². The third-order valence-corrected chi connectivity index (χ3v) is 3.53. The van der Waals surface area contributed by atoms with E-state index in [0.717, 1.165) is 11.8 Å². The highest BCUT2D eigenvalue weighted by Crippen LogP contribution is 2.22. The molecule has 0 radical (unpaired) electrons. The third kappa shape index (κ3) is 4.74. The predicted molar refractivity (Wildman–Crippen MR) is 78.5 cm³/mol. The molecule has 10 heteroatoms. The molecule has 2 rings (SSSR count). The van der Waals surface area contributed by atoms with Gasteiger partial charge in [-0.2, -0.15) is 5.10 Å². The molecule has 116 valence electrons. The van der Waals surface area contributed by atoms with Gasteiger partial charge in [-0.1, -0.05) is 11.8 Å². The van der Waals surface area contributed by atoms with E-state index in [4.69, 9.17) is 9.52 Å². The number of carbonyl (C=O) groups is 3. The van der Waals surface area contributed by atoms with E-state index in [9.17, 15) is 14.4 Å². The average molecular weight is 324 g/mol. The summed E-state index contributed by atoms with van der Waals surface area (Å²) in [6.45, 7) is -0.480. The Bertz CT molecular complexity index is 625. The van der Waals surface area contributed by atoms with Crippen LogP contribution < -0.4 is 10.6 Å². The standard InChI is InChI=1S/C12H12N4O5S/c17-9(13-6-10(18)19)4-8-11(20)15-12(22-8)16-14-5-7-2-1-3-21-7/h1-3,5,8H,4,6H2,(H,13,17)(H,18,19)(H,15,16,20)/b14-5+. The number of hydrogen-bond acceptors (Lipinski definition) is 7. The third-order valence-electron chi connectivity index (χ3n) is 2.46. The second kappa shape index (κ2) is 7.41. The van der Waals surface area contributed by atoms with Crippen molar-refractivity contribution in [3.05, 3.63) is 24.2 Å². The molecule has 3 N–H and O–H groups in total. The summed E-state index contributed by atoms with van der Waals surface area (Å²) in [4.78, 5) is 33.5. The minimum absolute atomic E-state index is 0.134. The first-order valence-electron chi connectivity index (χ1n) is 6.15. The van der Waals surface area contributed by atoms with Gasteiger partial charge in [-0.15, -0.1) is 5.10 Å². The first kappa shape index (κ1) is 15.8. The van der Waals surface area contributed by atoms with Gasteiger partial charge in [0.25, 0.3) is 0 Å². The number of rotatable bonds is 6. The van der Waals surface area contributed by atoms with E-state index in [2.05, 4.69) is 20.8 Å². The molecule has 1 aromatic heterocycles. The van der Waals surface area contributed by atoms with Crippen LogP contribution in [-0.4, -0.2) is 46.1 Å². The van der Waals surface area contributed by atoms with Gasteiger partial charge in [-0.25, -0.2) is 0 Å². The summed E-state index contributed by atoms with van der Waals surface area (Å²) >= 11 is 1.06. The number of carboxylic acid groups (broad SMARTS) is 1. The maximum atomic E-state index is 11.7. The molecular formula is C12H12N4O5S. The Kier molecular flexibility index (Phi) is 5.31. The molecule has 1 fully saturated rings. The lowest BCUT2D eigenvalue weighted by Gasteiger charge is -2.04. The molecule has 22 heavy (non-hydrogen) atoms. The summed E-state index contributed by atoms with van der Waals surface area (Å²) in [6, 6.07) is 3.39. The lowest BCUT2D eigenvalue weighted by Crippen LogP contribution is -2.33. The molecule has 0 saturated carbocycles. The van der Waals surface area contributed by atoms with Gasteiger partial charge in [0.05, 0.1) is 12.5 Å². The Morgan fingerprint density at radius 3 is 3.05 bits per heavy atom. The molecule has 0 bridgehead atoms. The highest BCUT2D eigenvalue weighted by atomic mass is 32.2. The summed E-state index contributed by atoms with van der Waals surface area (Å²) in [5, 5.41) is 20.3. The van der Waals surface area contributed by atoms with Crippen LogP contribution in [0.1, 0.15) is 12.2 Å². The first-order chi connectivity index (χ1) is 10.5. The van der Waals surface area contributed by atoms with E-state index in [1.54, 1.807) is 12.1 Å². The molecule has 9 nitrogen and oxygen atoms in total. The van der Waals surface area contributed by atoms with Gasteiger partial charge in [0.2, 0.25) is 11.8 Å². The summed E-state index contributed by atoms with van der Waals surface area (Å²) in [7, 11) is 0. The van der Waals surface area contributed by atoms with Crippen LogP contribution in [0.3, 0.4) is 0 Å². The Labute approximate surface area is 128 Å². The number of nitrogens with zero attached hydrogens (tertiary/aromatic N) is 2. The number of amidine groups is 1. The fraction of sp³-hybridized carbons (Fsp3) is 0.250. The maximum absolute atomic E-state index is 11.7. The molecular weight excluding hydrogens is 312 g/mol. The molecule has 2 amide bonds. The highest BCUT2D eigenvalue weighted by molar-refractivity contribution is 8.15. The lowest BCUT2D eigenvalue weighted by atomic mass is 10.2. The molecule has 1 atom stereocenters. The monoisotopic (exact) mass is 324 g/mol. The lowest BCUT2D eigenvalue weighted by molar-refractivity contribution is -0.137. The van der Waals surface area contributed by atoms with Crippen molar-refractivity contribution in [3.8, 4) is 0 Å². The second-order valence-corrected chi connectivity index (χ2v) is 5.33. The van der Waals surface area contributed by atoms with Crippen molar-refractivity contribution in [2.45, 2.75) is 11.7 Å². The van der Waals surface area contributed by atoms with Gasteiger partial charge in [0.15, 0.2) is 5.17 Å². The Morgan fingerprint density at radius 2 is 2.36 bits per heavy atom. The molecule has 0 aliphatic carbocycles. The summed E-state index contributed by atoms with van der Waals surface area (Å²) < 4.78 is 5.03. The van der Waals surface area contributed by atoms with Gasteiger partial charge in [-0.3, -0.25) is 14.4 Å². The van der Waals surface area contributed by atoms with Crippen molar-refractivity contribution in [1.29, 1.82) is 0 Å². The fourth-order valence-corrected chi connectivity index (χ4v) is 2.43. The number of carbonyl (C=O) groups excluding carboxylic acids is 2. The number of furan rings is 1. The minimum atomic E-state index is -1.15. The predicted octanol–water partition coefficient (Wildman–Crippen LogP) is -0.208. The SMILES string of the molecule is O=C(O)CNC(=O)CC1S/C(=N/N=C/c2ccco2)NC1=O. The molecule has 0 spiro atoms. The van der Waals surface area contributed by atoms with Crippen molar-refractivity contribution in [1.82, 2.24) is 10.6 Å². The quantitative estimate of drug-likeness (QED) is 0.490. The Balaban J connectivity index is 1.85. The smallest absolute Gasteiger partial charge is 0.322 e. The maximum Gasteiger partial charge on any atom is 0.322 e. The van der Waals surface area contributed by atoms with E-state index >= 15 is 0 Å². The van der Waals surface area contributed by atoms with Crippen LogP contribution in [0.25, 0.3) is 0 Å². The average Bonchev–Trinajstić information content (AvgIpc) is 3.08. The van der Waals surface area contributed by atoms with Crippen molar-refractivity contribution in [2.75, 3.05) is 6.54 Å². The van der Waals surface area contributed by atoms with Crippen LogP contribution in [0, 0.1) is 0 Å². The van der Waals surface area contributed by atoms with Crippen molar-refractivity contribution in [2.24, 2.45) is 10.2 Å². The zero-order valence-electron chi connectivity index (χ0n) is 11.2. The number of amides is 2. The van der Waals surface area contributed by atoms with Gasteiger partial charge in [0.1, 0.15) is 17.6 Å². The van der Waals surface area contributed by atoms with Gasteiger partial charge >= 0.3 is 5.97 Å². The van der Waals surface area contributed by atoms with E-state index in [1.165, 1.54) is 12.5 Å². The fourth-order valence-electron chi connectivity index (χ4n) is 1.50. The Morgan fingerprint density at radius 1 is 1.55 bits per heavy atom. The highest BCUT2D eigenvalue weighted by Gasteiger charge is 2.32. The minimum Gasteiger partial charge on any atom is -0.480 e. The van der Waals surface area contributed by atoms with Crippen LogP contribution in [0.5, 0.6) is 0 Å². The molecule has 1 saturated heterocycles. The van der Waals surface area contributed by atoms with Crippen LogP contribution in [0.4, 0.5) is 0 Å². The van der Waals surface area contributed by atoms with Gasteiger partial charge < -0.3 is 20.2 Å².